The monoisotopic (exact) mass is 345 g/mol. The first kappa shape index (κ1) is 17.9. The molecule has 2 saturated heterocycles. The van der Waals surface area contributed by atoms with Crippen LogP contribution in [0.15, 0.2) is 24.3 Å². The molecule has 0 radical (unpaired) electrons. The van der Waals surface area contributed by atoms with Gasteiger partial charge in [-0.3, -0.25) is 14.5 Å². The van der Waals surface area contributed by atoms with E-state index in [0.29, 0.717) is 26.1 Å². The van der Waals surface area contributed by atoms with Crippen LogP contribution in [0.25, 0.3) is 0 Å². The molecule has 0 unspecified atom stereocenters. The fraction of sp³-hybridized carbons (Fsp3) is 0.579. The van der Waals surface area contributed by atoms with E-state index < -0.39 is 0 Å². The summed E-state index contributed by atoms with van der Waals surface area (Å²) >= 11 is 0. The molecule has 0 saturated carbocycles. The lowest BCUT2D eigenvalue weighted by Gasteiger charge is -2.28. The van der Waals surface area contributed by atoms with Crippen molar-refractivity contribution in [2.45, 2.75) is 19.9 Å². The van der Waals surface area contributed by atoms with Gasteiger partial charge in [0.05, 0.1) is 19.1 Å². The van der Waals surface area contributed by atoms with Crippen LogP contribution >= 0.6 is 0 Å². The first-order valence-electron chi connectivity index (χ1n) is 9.03. The van der Waals surface area contributed by atoms with Gasteiger partial charge in [0.25, 0.3) is 0 Å². The largest absolute Gasteiger partial charge is 0.379 e. The molecule has 0 bridgehead atoms. The van der Waals surface area contributed by atoms with Crippen molar-refractivity contribution in [2.75, 3.05) is 45.9 Å². The van der Waals surface area contributed by atoms with Crippen molar-refractivity contribution in [1.29, 1.82) is 0 Å². The van der Waals surface area contributed by atoms with Crippen molar-refractivity contribution in [3.05, 3.63) is 35.4 Å². The highest BCUT2D eigenvalue weighted by molar-refractivity contribution is 5.89. The number of nitrogens with one attached hydrogen (secondary N) is 1. The zero-order valence-electron chi connectivity index (χ0n) is 14.9. The Labute approximate surface area is 149 Å². The van der Waals surface area contributed by atoms with E-state index in [4.69, 9.17) is 4.74 Å². The molecule has 1 atom stereocenters. The van der Waals surface area contributed by atoms with Crippen LogP contribution in [-0.4, -0.2) is 67.6 Å². The average molecular weight is 345 g/mol. The Hall–Kier alpha value is -1.92. The molecular formula is C19H27N3O3. The zero-order valence-corrected chi connectivity index (χ0v) is 14.9. The lowest BCUT2D eigenvalue weighted by molar-refractivity contribution is -0.129. The Morgan fingerprint density at radius 2 is 2.00 bits per heavy atom. The normalized spacial score (nSPS) is 21.6. The van der Waals surface area contributed by atoms with E-state index in [0.717, 1.165) is 44.0 Å². The number of carbonyl (C=O) groups is 2. The quantitative estimate of drug-likeness (QED) is 0.828. The Morgan fingerprint density at radius 1 is 1.24 bits per heavy atom. The lowest BCUT2D eigenvalue weighted by atomic mass is 10.1. The molecular weight excluding hydrogens is 318 g/mol. The third-order valence-electron chi connectivity index (χ3n) is 5.09. The number of aryl methyl sites for hydroxylation is 1. The molecule has 0 aromatic heterocycles. The van der Waals surface area contributed by atoms with Crippen molar-refractivity contribution < 1.29 is 14.3 Å². The van der Waals surface area contributed by atoms with E-state index in [9.17, 15) is 9.59 Å². The minimum Gasteiger partial charge on any atom is -0.379 e. The van der Waals surface area contributed by atoms with Crippen molar-refractivity contribution in [1.82, 2.24) is 15.1 Å². The van der Waals surface area contributed by atoms with E-state index in [2.05, 4.69) is 10.2 Å². The number of amides is 2. The summed E-state index contributed by atoms with van der Waals surface area (Å²) in [6.07, 6.45) is 0.322. The van der Waals surface area contributed by atoms with Gasteiger partial charge in [-0.05, 0) is 18.1 Å². The molecule has 0 spiro atoms. The molecule has 6 heteroatoms. The Bertz CT molecular complexity index is 614. The predicted molar refractivity (Wildman–Crippen MR) is 95.0 cm³/mol. The van der Waals surface area contributed by atoms with Crippen LogP contribution in [0.2, 0.25) is 0 Å². The van der Waals surface area contributed by atoms with Gasteiger partial charge in [0.15, 0.2) is 0 Å². The number of benzene rings is 1. The first-order chi connectivity index (χ1) is 12.1. The van der Waals surface area contributed by atoms with Crippen molar-refractivity contribution >= 4 is 11.8 Å². The maximum absolute atomic E-state index is 12.4. The van der Waals surface area contributed by atoms with E-state index in [1.165, 1.54) is 0 Å². The summed E-state index contributed by atoms with van der Waals surface area (Å²) in [6, 6.07) is 8.02. The van der Waals surface area contributed by atoms with Gasteiger partial charge in [0.2, 0.25) is 11.8 Å². The number of carbonyl (C=O) groups excluding carboxylic acids is 2. The molecule has 6 nitrogen and oxygen atoms in total. The SMILES string of the molecule is Cc1ccccc1CNC(=O)[C@H]1CC(=O)N(CCN2CCOCC2)C1. The number of morpholine rings is 1. The summed E-state index contributed by atoms with van der Waals surface area (Å²) in [5.74, 6) is -0.170. The number of rotatable bonds is 6. The molecule has 0 aliphatic carbocycles. The standard InChI is InChI=1S/C19H27N3O3/c1-15-4-2-3-5-16(15)13-20-19(24)17-12-18(23)22(14-17)7-6-21-8-10-25-11-9-21/h2-5,17H,6-14H2,1H3,(H,20,24)/t17-/m0/s1. The van der Waals surface area contributed by atoms with Crippen molar-refractivity contribution in [3.8, 4) is 0 Å². The van der Waals surface area contributed by atoms with Gasteiger partial charge in [-0.1, -0.05) is 24.3 Å². The van der Waals surface area contributed by atoms with Crippen LogP contribution in [0.3, 0.4) is 0 Å². The van der Waals surface area contributed by atoms with Crippen LogP contribution in [-0.2, 0) is 20.9 Å². The average Bonchev–Trinajstić information content (AvgIpc) is 3.01. The maximum atomic E-state index is 12.4. The van der Waals surface area contributed by atoms with Gasteiger partial charge in [0.1, 0.15) is 0 Å². The van der Waals surface area contributed by atoms with Crippen LogP contribution in [0.5, 0.6) is 0 Å². The molecule has 2 aliphatic heterocycles. The Balaban J connectivity index is 1.44. The smallest absolute Gasteiger partial charge is 0.225 e. The third kappa shape index (κ3) is 4.80. The highest BCUT2D eigenvalue weighted by atomic mass is 16.5. The summed E-state index contributed by atoms with van der Waals surface area (Å²) in [7, 11) is 0. The number of nitrogens with zero attached hydrogens (tertiary/aromatic N) is 2. The summed E-state index contributed by atoms with van der Waals surface area (Å²) < 4.78 is 5.34. The number of hydrogen-bond donors (Lipinski definition) is 1. The molecule has 1 aromatic carbocycles. The molecule has 1 N–H and O–H groups in total. The van der Waals surface area contributed by atoms with Gasteiger partial charge in [-0.25, -0.2) is 0 Å². The fourth-order valence-corrected chi connectivity index (χ4v) is 3.39. The maximum Gasteiger partial charge on any atom is 0.225 e. The minimum atomic E-state index is -0.235. The Kier molecular flexibility index (Phi) is 6.04. The van der Waals surface area contributed by atoms with Crippen molar-refractivity contribution in [2.24, 2.45) is 5.92 Å². The second-order valence-electron chi connectivity index (χ2n) is 6.84. The summed E-state index contributed by atoms with van der Waals surface area (Å²) in [4.78, 5) is 28.7. The molecule has 25 heavy (non-hydrogen) atoms. The summed E-state index contributed by atoms with van der Waals surface area (Å²) in [5.41, 5.74) is 2.28. The highest BCUT2D eigenvalue weighted by Crippen LogP contribution is 2.18. The van der Waals surface area contributed by atoms with E-state index in [-0.39, 0.29) is 17.7 Å². The summed E-state index contributed by atoms with van der Waals surface area (Å²) in [5, 5.41) is 2.98. The molecule has 1 aromatic rings. The number of hydrogen-bond acceptors (Lipinski definition) is 4. The van der Waals surface area contributed by atoms with Gasteiger partial charge in [-0.15, -0.1) is 0 Å². The fourth-order valence-electron chi connectivity index (χ4n) is 3.39. The van der Waals surface area contributed by atoms with Crippen LogP contribution in [0, 0.1) is 12.8 Å². The van der Waals surface area contributed by atoms with Crippen LogP contribution < -0.4 is 5.32 Å². The van der Waals surface area contributed by atoms with Gasteiger partial charge in [0, 0.05) is 45.7 Å². The van der Waals surface area contributed by atoms with Gasteiger partial charge in [-0.2, -0.15) is 0 Å². The van der Waals surface area contributed by atoms with Gasteiger partial charge >= 0.3 is 0 Å². The topological polar surface area (TPSA) is 61.9 Å². The molecule has 2 fully saturated rings. The first-order valence-corrected chi connectivity index (χ1v) is 9.03. The van der Waals surface area contributed by atoms with E-state index in [1.54, 1.807) is 0 Å². The predicted octanol–water partition coefficient (Wildman–Crippen LogP) is 0.792. The molecule has 2 aliphatic rings. The van der Waals surface area contributed by atoms with E-state index in [1.807, 2.05) is 36.1 Å². The second-order valence-corrected chi connectivity index (χ2v) is 6.84. The highest BCUT2D eigenvalue weighted by Gasteiger charge is 2.34. The second kappa shape index (κ2) is 8.45. The minimum absolute atomic E-state index is 0.0227. The summed E-state index contributed by atoms with van der Waals surface area (Å²) in [6.45, 7) is 7.99. The van der Waals surface area contributed by atoms with Crippen LogP contribution in [0.1, 0.15) is 17.5 Å². The molecule has 2 heterocycles. The lowest BCUT2D eigenvalue weighted by Crippen LogP contribution is -2.42. The Morgan fingerprint density at radius 3 is 2.76 bits per heavy atom. The van der Waals surface area contributed by atoms with E-state index >= 15 is 0 Å². The number of ether oxygens (including phenoxy) is 1. The third-order valence-corrected chi connectivity index (χ3v) is 5.09. The van der Waals surface area contributed by atoms with Crippen LogP contribution in [0.4, 0.5) is 0 Å². The number of likely N-dealkylation sites (tertiary alicyclic amines) is 1. The molecule has 3 rings (SSSR count). The molecule has 2 amide bonds. The molecule has 136 valence electrons. The van der Waals surface area contributed by atoms with Gasteiger partial charge < -0.3 is 15.0 Å². The van der Waals surface area contributed by atoms with Crippen molar-refractivity contribution in [3.63, 3.8) is 0 Å². The zero-order chi connectivity index (χ0) is 17.6.